The number of carbonyl (C=O) groups excluding carboxylic acids is 1. The molecule has 0 bridgehead atoms. The second-order valence-electron chi connectivity index (χ2n) is 12.7. The third-order valence-corrected chi connectivity index (χ3v) is 7.95. The van der Waals surface area contributed by atoms with Crippen molar-refractivity contribution in [3.05, 3.63) is 95.3 Å². The van der Waals surface area contributed by atoms with Crippen molar-refractivity contribution in [2.45, 2.75) is 124 Å². The minimum absolute atomic E-state index is 0.0427. The summed E-state index contributed by atoms with van der Waals surface area (Å²) in [5.41, 5.74) is 4.08. The summed E-state index contributed by atoms with van der Waals surface area (Å²) < 4.78 is 8.50. The van der Waals surface area contributed by atoms with Gasteiger partial charge >= 0.3 is 0 Å². The van der Waals surface area contributed by atoms with Crippen LogP contribution in [-0.2, 0) is 25.0 Å². The predicted molar refractivity (Wildman–Crippen MR) is 175 cm³/mol. The van der Waals surface area contributed by atoms with Gasteiger partial charge in [-0.05, 0) is 60.2 Å². The maximum absolute atomic E-state index is 13.7. The van der Waals surface area contributed by atoms with Gasteiger partial charge in [-0.3, -0.25) is 4.79 Å². The Morgan fingerprint density at radius 3 is 2.05 bits per heavy atom. The topological polar surface area (TPSA) is 33.4 Å². The Bertz CT molecular complexity index is 1200. The van der Waals surface area contributed by atoms with E-state index < -0.39 is 0 Å². The first-order valence-electron chi connectivity index (χ1n) is 16.4. The molecule has 0 aliphatic rings. The maximum atomic E-state index is 13.7. The van der Waals surface area contributed by atoms with Gasteiger partial charge in [-0.2, -0.15) is 0 Å². The van der Waals surface area contributed by atoms with Gasteiger partial charge in [-0.15, -0.1) is 0 Å². The summed E-state index contributed by atoms with van der Waals surface area (Å²) in [6.45, 7) is 13.9. The van der Waals surface area contributed by atoms with Crippen LogP contribution in [0.15, 0.2) is 73.1 Å². The number of nitrogens with zero attached hydrogens (tertiary/aromatic N) is 2. The summed E-state index contributed by atoms with van der Waals surface area (Å²) in [6, 6.07) is 20.3. The molecule has 0 saturated heterocycles. The van der Waals surface area contributed by atoms with Gasteiger partial charge in [0.25, 0.3) is 5.91 Å². The van der Waals surface area contributed by atoms with Crippen molar-refractivity contribution in [3.8, 4) is 5.75 Å². The molecule has 42 heavy (non-hydrogen) atoms. The Morgan fingerprint density at radius 2 is 1.40 bits per heavy atom. The molecule has 1 heterocycles. The van der Waals surface area contributed by atoms with Crippen LogP contribution in [0.2, 0.25) is 0 Å². The number of hydrogen-bond acceptors (Lipinski definition) is 2. The highest BCUT2D eigenvalue weighted by Crippen LogP contribution is 2.33. The van der Waals surface area contributed by atoms with Crippen molar-refractivity contribution >= 4 is 5.91 Å². The molecule has 4 heteroatoms. The molecular weight excluding hydrogens is 516 g/mol. The van der Waals surface area contributed by atoms with Gasteiger partial charge in [-0.1, -0.05) is 110 Å². The standard InChI is InChI=1S/C38H55N2O2/c1-6-8-9-10-11-12-13-14-15-19-27-42-36-25-24-32(28-35(36)38(3,4)5)30-40(37(41)34-22-17-16-18-23-34)31-33-21-20-26-39(7-2)29-33/h16-18,20-26,28-29H,6-15,19,27,30-31H2,1-5H3/q+1. The summed E-state index contributed by atoms with van der Waals surface area (Å²) in [7, 11) is 0. The molecular formula is C38H55N2O2+. The summed E-state index contributed by atoms with van der Waals surface area (Å²) in [5.74, 6) is 1.01. The molecule has 0 N–H and O–H groups in total. The highest BCUT2D eigenvalue weighted by molar-refractivity contribution is 5.94. The fourth-order valence-electron chi connectivity index (χ4n) is 5.43. The predicted octanol–water partition coefficient (Wildman–Crippen LogP) is 9.43. The molecule has 1 aromatic heterocycles. The van der Waals surface area contributed by atoms with Crippen molar-refractivity contribution in [2.24, 2.45) is 0 Å². The lowest BCUT2D eigenvalue weighted by Crippen LogP contribution is -2.34. The van der Waals surface area contributed by atoms with Gasteiger partial charge < -0.3 is 9.64 Å². The van der Waals surface area contributed by atoms with Crippen molar-refractivity contribution < 1.29 is 14.1 Å². The molecule has 0 unspecified atom stereocenters. The fourth-order valence-corrected chi connectivity index (χ4v) is 5.43. The zero-order valence-corrected chi connectivity index (χ0v) is 27.0. The number of aromatic nitrogens is 1. The zero-order valence-electron chi connectivity index (χ0n) is 27.0. The summed E-state index contributed by atoms with van der Waals surface area (Å²) >= 11 is 0. The minimum atomic E-state index is -0.0660. The van der Waals surface area contributed by atoms with Crippen LogP contribution in [0.5, 0.6) is 5.75 Å². The highest BCUT2D eigenvalue weighted by atomic mass is 16.5. The molecule has 228 valence electrons. The molecule has 0 radical (unpaired) electrons. The summed E-state index contributed by atoms with van der Waals surface area (Å²) in [4.78, 5) is 15.6. The largest absolute Gasteiger partial charge is 0.493 e. The first-order chi connectivity index (χ1) is 20.3. The van der Waals surface area contributed by atoms with Crippen molar-refractivity contribution in [2.75, 3.05) is 6.61 Å². The molecule has 0 aliphatic carbocycles. The molecule has 1 amide bonds. The maximum Gasteiger partial charge on any atom is 0.254 e. The Balaban J connectivity index is 1.64. The van der Waals surface area contributed by atoms with Gasteiger partial charge in [0.15, 0.2) is 12.4 Å². The lowest BCUT2D eigenvalue weighted by molar-refractivity contribution is -0.694. The zero-order chi connectivity index (χ0) is 30.2. The SMILES string of the molecule is CCCCCCCCCCCCOc1ccc(CN(Cc2ccc[n+](CC)c2)C(=O)c2ccccc2)cc1C(C)(C)C. The average Bonchev–Trinajstić information content (AvgIpc) is 2.99. The van der Waals surface area contributed by atoms with E-state index in [0.29, 0.717) is 18.7 Å². The third kappa shape index (κ3) is 11.3. The number of amides is 1. The Kier molecular flexibility index (Phi) is 14.1. The van der Waals surface area contributed by atoms with Gasteiger partial charge in [0.05, 0.1) is 13.2 Å². The number of hydrogen-bond donors (Lipinski definition) is 0. The van der Waals surface area contributed by atoms with Gasteiger partial charge in [0.1, 0.15) is 12.3 Å². The smallest absolute Gasteiger partial charge is 0.254 e. The van der Waals surface area contributed by atoms with E-state index in [1.165, 1.54) is 63.4 Å². The van der Waals surface area contributed by atoms with Crippen LogP contribution in [0.1, 0.15) is 126 Å². The normalized spacial score (nSPS) is 11.5. The van der Waals surface area contributed by atoms with E-state index in [-0.39, 0.29) is 11.3 Å². The van der Waals surface area contributed by atoms with E-state index in [1.807, 2.05) is 35.2 Å². The van der Waals surface area contributed by atoms with Crippen LogP contribution < -0.4 is 9.30 Å². The fraction of sp³-hybridized carbons (Fsp3) is 0.526. The monoisotopic (exact) mass is 571 g/mol. The molecule has 0 spiro atoms. The molecule has 2 aromatic carbocycles. The second kappa shape index (κ2) is 17.7. The quantitative estimate of drug-likeness (QED) is 0.113. The number of aryl methyl sites for hydroxylation is 1. The number of unbranched alkanes of at least 4 members (excludes halogenated alkanes) is 9. The van der Waals surface area contributed by atoms with E-state index in [1.54, 1.807) is 0 Å². The first-order valence-corrected chi connectivity index (χ1v) is 16.4. The van der Waals surface area contributed by atoms with E-state index in [9.17, 15) is 4.79 Å². The number of benzene rings is 2. The van der Waals surface area contributed by atoms with Gasteiger partial charge in [-0.25, -0.2) is 4.57 Å². The van der Waals surface area contributed by atoms with Crippen molar-refractivity contribution in [1.29, 1.82) is 0 Å². The van der Waals surface area contributed by atoms with Crippen LogP contribution >= 0.6 is 0 Å². The molecule has 3 aromatic rings. The van der Waals surface area contributed by atoms with Crippen molar-refractivity contribution in [3.63, 3.8) is 0 Å². The molecule has 0 fully saturated rings. The van der Waals surface area contributed by atoms with Crippen LogP contribution in [-0.4, -0.2) is 17.4 Å². The van der Waals surface area contributed by atoms with Crippen molar-refractivity contribution in [1.82, 2.24) is 4.90 Å². The Hall–Kier alpha value is -3.14. The highest BCUT2D eigenvalue weighted by Gasteiger charge is 2.22. The first kappa shape index (κ1) is 33.4. The van der Waals surface area contributed by atoms with E-state index in [0.717, 1.165) is 36.4 Å². The minimum Gasteiger partial charge on any atom is -0.493 e. The molecule has 0 atom stereocenters. The van der Waals surface area contributed by atoms with E-state index in [4.69, 9.17) is 4.74 Å². The second-order valence-corrected chi connectivity index (χ2v) is 12.7. The lowest BCUT2D eigenvalue weighted by Gasteiger charge is -2.26. The van der Waals surface area contributed by atoms with Crippen LogP contribution in [0.3, 0.4) is 0 Å². The third-order valence-electron chi connectivity index (χ3n) is 7.95. The summed E-state index contributed by atoms with van der Waals surface area (Å²) in [5, 5.41) is 0. The molecule has 4 nitrogen and oxygen atoms in total. The van der Waals surface area contributed by atoms with Crippen LogP contribution in [0.4, 0.5) is 0 Å². The number of ether oxygens (including phenoxy) is 1. The Labute approximate surface area is 256 Å². The molecule has 0 saturated carbocycles. The summed E-state index contributed by atoms with van der Waals surface area (Å²) in [6.07, 6.45) is 17.4. The number of carbonyl (C=O) groups is 1. The van der Waals surface area contributed by atoms with Crippen LogP contribution in [0.25, 0.3) is 0 Å². The van der Waals surface area contributed by atoms with E-state index >= 15 is 0 Å². The Morgan fingerprint density at radius 1 is 0.762 bits per heavy atom. The van der Waals surface area contributed by atoms with Gasteiger partial charge in [0, 0.05) is 23.7 Å². The molecule has 3 rings (SSSR count). The number of rotatable bonds is 18. The van der Waals surface area contributed by atoms with E-state index in [2.05, 4.69) is 81.9 Å². The average molecular weight is 572 g/mol. The van der Waals surface area contributed by atoms with Crippen LogP contribution in [0, 0.1) is 0 Å². The molecule has 0 aliphatic heterocycles. The number of pyridine rings is 1. The lowest BCUT2D eigenvalue weighted by atomic mass is 9.85. The van der Waals surface area contributed by atoms with Gasteiger partial charge in [0.2, 0.25) is 0 Å².